The molecule has 0 saturated carbocycles. The van der Waals surface area contributed by atoms with Crippen molar-refractivity contribution in [2.75, 3.05) is 26.2 Å². The fourth-order valence-electron chi connectivity index (χ4n) is 3.49. The molecule has 0 bridgehead atoms. The third-order valence-corrected chi connectivity index (χ3v) is 5.09. The molecule has 1 aliphatic heterocycles. The van der Waals surface area contributed by atoms with Gasteiger partial charge in [-0.15, -0.1) is 0 Å². The zero-order chi connectivity index (χ0) is 23.1. The number of imidazole rings is 1. The first-order chi connectivity index (χ1) is 15.3. The predicted molar refractivity (Wildman–Crippen MR) is 119 cm³/mol. The zero-order valence-corrected chi connectivity index (χ0v) is 18.8. The van der Waals surface area contributed by atoms with Gasteiger partial charge in [0, 0.05) is 51.0 Å². The normalized spacial score (nSPS) is 16.3. The number of aromatic nitrogens is 2. The first-order valence-electron chi connectivity index (χ1n) is 10.7. The van der Waals surface area contributed by atoms with E-state index < -0.39 is 17.7 Å². The summed E-state index contributed by atoms with van der Waals surface area (Å²) in [6, 6.07) is 8.93. The first kappa shape index (κ1) is 23.3. The van der Waals surface area contributed by atoms with Gasteiger partial charge in [-0.3, -0.25) is 9.69 Å². The molecule has 2 N–H and O–H groups in total. The van der Waals surface area contributed by atoms with Crippen LogP contribution in [0.3, 0.4) is 0 Å². The molecule has 9 heteroatoms. The van der Waals surface area contributed by atoms with Gasteiger partial charge >= 0.3 is 6.09 Å². The summed E-state index contributed by atoms with van der Waals surface area (Å²) in [5, 5.41) is 15.0. The van der Waals surface area contributed by atoms with E-state index in [0.717, 1.165) is 11.3 Å². The molecule has 1 saturated heterocycles. The number of rotatable bonds is 6. The minimum Gasteiger partial charge on any atom is -0.444 e. The highest BCUT2D eigenvalue weighted by atomic mass is 16.6. The average molecular weight is 439 g/mol. The maximum Gasteiger partial charge on any atom is 0.411 e. The Hall–Kier alpha value is -3.38. The Morgan fingerprint density at radius 3 is 2.75 bits per heavy atom. The molecule has 2 amide bonds. The number of piperazine rings is 1. The summed E-state index contributed by atoms with van der Waals surface area (Å²) in [5.74, 6) is -0.207. The van der Waals surface area contributed by atoms with Gasteiger partial charge < -0.3 is 19.9 Å². The van der Waals surface area contributed by atoms with E-state index in [-0.39, 0.29) is 5.91 Å². The largest absolute Gasteiger partial charge is 0.444 e. The number of nitrogens with one attached hydrogen (secondary N) is 2. The minimum atomic E-state index is -0.615. The van der Waals surface area contributed by atoms with E-state index in [1.165, 1.54) is 4.90 Å². The second kappa shape index (κ2) is 10.3. The number of hydrogen-bond acceptors (Lipinski definition) is 6. The molecule has 1 aliphatic rings. The van der Waals surface area contributed by atoms with Crippen molar-refractivity contribution < 1.29 is 14.3 Å². The molecule has 1 aromatic heterocycles. The van der Waals surface area contributed by atoms with Gasteiger partial charge in [0.2, 0.25) is 5.91 Å². The van der Waals surface area contributed by atoms with Crippen molar-refractivity contribution in [2.45, 2.75) is 45.4 Å². The Balaban J connectivity index is 1.54. The number of nitrogens with zero attached hydrogens (tertiary/aromatic N) is 4. The topological polar surface area (TPSA) is 112 Å². The van der Waals surface area contributed by atoms with E-state index in [1.54, 1.807) is 24.7 Å². The molecule has 1 atom stereocenters. The number of carbonyl (C=O) groups excluding carboxylic acids is 2. The maximum absolute atomic E-state index is 12.8. The van der Waals surface area contributed by atoms with Crippen LogP contribution in [0.4, 0.5) is 4.79 Å². The fourth-order valence-corrected chi connectivity index (χ4v) is 3.49. The zero-order valence-electron chi connectivity index (χ0n) is 18.8. The Bertz CT molecular complexity index is 971. The number of hydrogen-bond donors (Lipinski definition) is 2. The molecular formula is C23H30N6O3. The van der Waals surface area contributed by atoms with Gasteiger partial charge in [0.1, 0.15) is 11.6 Å². The van der Waals surface area contributed by atoms with Gasteiger partial charge in [-0.1, -0.05) is 12.1 Å². The molecule has 0 aliphatic carbocycles. The molecule has 32 heavy (non-hydrogen) atoms. The molecule has 1 unspecified atom stereocenters. The molecule has 2 heterocycles. The number of nitriles is 1. The van der Waals surface area contributed by atoms with Crippen LogP contribution in [-0.2, 0) is 22.5 Å². The Kier molecular flexibility index (Phi) is 7.49. The van der Waals surface area contributed by atoms with E-state index in [2.05, 4.69) is 21.7 Å². The van der Waals surface area contributed by atoms with Crippen molar-refractivity contribution in [3.8, 4) is 6.07 Å². The van der Waals surface area contributed by atoms with Crippen molar-refractivity contribution >= 4 is 12.0 Å². The standard InChI is InChI=1S/C23H30N6O3/c1-23(2,3)32-22(31)29-11-10-25-14-20(29)21(30)27-9-8-19-13-26-16-28(19)15-18-6-4-17(12-24)5-7-18/h4-7,13,16,20,25H,8-11,14-15H2,1-3H3,(H,27,30). The summed E-state index contributed by atoms with van der Waals surface area (Å²) < 4.78 is 7.47. The first-order valence-corrected chi connectivity index (χ1v) is 10.7. The summed E-state index contributed by atoms with van der Waals surface area (Å²) in [4.78, 5) is 31.0. The van der Waals surface area contributed by atoms with Crippen molar-refractivity contribution in [1.29, 1.82) is 5.26 Å². The van der Waals surface area contributed by atoms with Crippen LogP contribution < -0.4 is 10.6 Å². The molecule has 1 aromatic carbocycles. The van der Waals surface area contributed by atoms with E-state index >= 15 is 0 Å². The second-order valence-corrected chi connectivity index (χ2v) is 8.76. The number of carbonyl (C=O) groups is 2. The lowest BCUT2D eigenvalue weighted by atomic mass is 10.1. The minimum absolute atomic E-state index is 0.207. The van der Waals surface area contributed by atoms with E-state index in [0.29, 0.717) is 44.7 Å². The van der Waals surface area contributed by atoms with E-state index in [4.69, 9.17) is 10.00 Å². The van der Waals surface area contributed by atoms with Crippen LogP contribution in [0.15, 0.2) is 36.8 Å². The smallest absolute Gasteiger partial charge is 0.411 e. The molecule has 2 aromatic rings. The van der Waals surface area contributed by atoms with Crippen LogP contribution in [0.1, 0.15) is 37.6 Å². The number of benzene rings is 1. The molecule has 0 spiro atoms. The summed E-state index contributed by atoms with van der Waals surface area (Å²) in [5.41, 5.74) is 2.06. The highest BCUT2D eigenvalue weighted by molar-refractivity contribution is 5.86. The number of amides is 2. The van der Waals surface area contributed by atoms with Crippen LogP contribution in [0.5, 0.6) is 0 Å². The monoisotopic (exact) mass is 438 g/mol. The van der Waals surface area contributed by atoms with Crippen LogP contribution >= 0.6 is 0 Å². The van der Waals surface area contributed by atoms with Crippen molar-refractivity contribution in [3.05, 3.63) is 53.6 Å². The lowest BCUT2D eigenvalue weighted by molar-refractivity contribution is -0.127. The highest BCUT2D eigenvalue weighted by Crippen LogP contribution is 2.14. The lowest BCUT2D eigenvalue weighted by Crippen LogP contribution is -2.60. The third-order valence-electron chi connectivity index (χ3n) is 5.09. The fraction of sp³-hybridized carbons (Fsp3) is 0.478. The highest BCUT2D eigenvalue weighted by Gasteiger charge is 2.34. The van der Waals surface area contributed by atoms with E-state index in [1.807, 2.05) is 37.5 Å². The molecule has 9 nitrogen and oxygen atoms in total. The van der Waals surface area contributed by atoms with Gasteiger partial charge in [0.25, 0.3) is 0 Å². The SMILES string of the molecule is CC(C)(C)OC(=O)N1CCNCC1C(=O)NCCc1cncn1Cc1ccc(C#N)cc1. The van der Waals surface area contributed by atoms with Crippen molar-refractivity contribution in [2.24, 2.45) is 0 Å². The average Bonchev–Trinajstić information content (AvgIpc) is 3.20. The van der Waals surface area contributed by atoms with Crippen LogP contribution in [0.25, 0.3) is 0 Å². The summed E-state index contributed by atoms with van der Waals surface area (Å²) in [6.07, 6.45) is 3.67. The Morgan fingerprint density at radius 1 is 1.31 bits per heavy atom. The van der Waals surface area contributed by atoms with Gasteiger partial charge in [0.05, 0.1) is 18.0 Å². The van der Waals surface area contributed by atoms with Crippen molar-refractivity contribution in [3.63, 3.8) is 0 Å². The summed E-state index contributed by atoms with van der Waals surface area (Å²) >= 11 is 0. The molecule has 0 radical (unpaired) electrons. The maximum atomic E-state index is 12.8. The van der Waals surface area contributed by atoms with E-state index in [9.17, 15) is 9.59 Å². The van der Waals surface area contributed by atoms with Crippen LogP contribution in [0, 0.1) is 11.3 Å². The van der Waals surface area contributed by atoms with Crippen LogP contribution in [0.2, 0.25) is 0 Å². The van der Waals surface area contributed by atoms with Gasteiger partial charge in [0.15, 0.2) is 0 Å². The summed E-state index contributed by atoms with van der Waals surface area (Å²) in [6.45, 7) is 7.92. The summed E-state index contributed by atoms with van der Waals surface area (Å²) in [7, 11) is 0. The Labute approximate surface area is 188 Å². The molecule has 3 rings (SSSR count). The van der Waals surface area contributed by atoms with Crippen molar-refractivity contribution in [1.82, 2.24) is 25.1 Å². The second-order valence-electron chi connectivity index (χ2n) is 8.76. The molecular weight excluding hydrogens is 408 g/mol. The van der Waals surface area contributed by atoms with Gasteiger partial charge in [-0.05, 0) is 38.5 Å². The quantitative estimate of drug-likeness (QED) is 0.710. The molecule has 1 fully saturated rings. The third kappa shape index (κ3) is 6.31. The van der Waals surface area contributed by atoms with Gasteiger partial charge in [-0.25, -0.2) is 9.78 Å². The Morgan fingerprint density at radius 2 is 2.06 bits per heavy atom. The van der Waals surface area contributed by atoms with Gasteiger partial charge in [-0.2, -0.15) is 5.26 Å². The number of ether oxygens (including phenoxy) is 1. The molecule has 170 valence electrons. The van der Waals surface area contributed by atoms with Crippen LogP contribution in [-0.4, -0.2) is 64.3 Å². The lowest BCUT2D eigenvalue weighted by Gasteiger charge is -2.36. The predicted octanol–water partition coefficient (Wildman–Crippen LogP) is 1.67.